The standard InChI is InChI=1S/C28H24O7/c1-34-28(33)20(13-17-5-3-2-4-6-17)14-21(29)10-7-18-8-12-24(31)27-22(18)16-26(35-27)19-9-11-23(30)25(32)15-19/h2-12,15-16,20,30-32H,13-14H2,1H3/b10-7+/t20-/m1/s1. The van der Waals surface area contributed by atoms with Crippen molar-refractivity contribution in [2.45, 2.75) is 12.8 Å². The van der Waals surface area contributed by atoms with Crippen LogP contribution in [0.5, 0.6) is 17.2 Å². The molecule has 7 heteroatoms. The van der Waals surface area contributed by atoms with Crippen LogP contribution in [0.15, 0.2) is 77.2 Å². The normalized spacial score (nSPS) is 12.1. The topological polar surface area (TPSA) is 117 Å². The van der Waals surface area contributed by atoms with Crippen molar-refractivity contribution in [2.24, 2.45) is 5.92 Å². The number of allylic oxidation sites excluding steroid dienone is 1. The fourth-order valence-electron chi connectivity index (χ4n) is 3.89. The average Bonchev–Trinajstić information content (AvgIpc) is 3.32. The van der Waals surface area contributed by atoms with Gasteiger partial charge >= 0.3 is 5.97 Å². The molecule has 1 heterocycles. The molecular weight excluding hydrogens is 448 g/mol. The Morgan fingerprint density at radius 1 is 0.943 bits per heavy atom. The zero-order valence-electron chi connectivity index (χ0n) is 19.0. The van der Waals surface area contributed by atoms with E-state index in [1.165, 1.54) is 31.4 Å². The van der Waals surface area contributed by atoms with Crippen LogP contribution in [0, 0.1) is 5.92 Å². The molecule has 178 valence electrons. The van der Waals surface area contributed by atoms with Gasteiger partial charge in [-0.2, -0.15) is 0 Å². The number of benzene rings is 3. The summed E-state index contributed by atoms with van der Waals surface area (Å²) in [5.41, 5.74) is 2.29. The second-order valence-corrected chi connectivity index (χ2v) is 8.14. The number of ether oxygens (including phenoxy) is 1. The highest BCUT2D eigenvalue weighted by atomic mass is 16.5. The summed E-state index contributed by atoms with van der Waals surface area (Å²) in [6.07, 6.45) is 3.38. The number of hydrogen-bond acceptors (Lipinski definition) is 7. The number of phenols is 3. The molecule has 0 aliphatic carbocycles. The number of fused-ring (bicyclic) bond motifs is 1. The van der Waals surface area contributed by atoms with Gasteiger partial charge in [-0.05, 0) is 54.0 Å². The van der Waals surface area contributed by atoms with Gasteiger partial charge in [0.05, 0.1) is 13.0 Å². The van der Waals surface area contributed by atoms with E-state index in [9.17, 15) is 24.9 Å². The molecule has 0 saturated carbocycles. The highest BCUT2D eigenvalue weighted by molar-refractivity contribution is 6.00. The van der Waals surface area contributed by atoms with Crippen LogP contribution in [-0.2, 0) is 20.7 Å². The molecule has 0 fully saturated rings. The molecule has 1 aromatic heterocycles. The summed E-state index contributed by atoms with van der Waals surface area (Å²) in [5, 5.41) is 30.1. The summed E-state index contributed by atoms with van der Waals surface area (Å²) in [6.45, 7) is 0. The Morgan fingerprint density at radius 3 is 2.40 bits per heavy atom. The molecule has 1 atom stereocenters. The molecule has 7 nitrogen and oxygen atoms in total. The van der Waals surface area contributed by atoms with E-state index in [-0.39, 0.29) is 35.0 Å². The van der Waals surface area contributed by atoms with Gasteiger partial charge in [-0.25, -0.2) is 0 Å². The van der Waals surface area contributed by atoms with Crippen molar-refractivity contribution in [3.05, 3.63) is 83.9 Å². The molecule has 0 amide bonds. The lowest BCUT2D eigenvalue weighted by Gasteiger charge is -2.13. The van der Waals surface area contributed by atoms with E-state index in [4.69, 9.17) is 9.15 Å². The number of furan rings is 1. The molecule has 0 radical (unpaired) electrons. The van der Waals surface area contributed by atoms with Crippen molar-refractivity contribution in [3.8, 4) is 28.6 Å². The van der Waals surface area contributed by atoms with Gasteiger partial charge in [-0.3, -0.25) is 9.59 Å². The van der Waals surface area contributed by atoms with Crippen LogP contribution >= 0.6 is 0 Å². The summed E-state index contributed by atoms with van der Waals surface area (Å²) in [6, 6.07) is 18.5. The second kappa shape index (κ2) is 10.2. The van der Waals surface area contributed by atoms with Crippen LogP contribution in [-0.4, -0.2) is 34.2 Å². The maximum absolute atomic E-state index is 12.7. The lowest BCUT2D eigenvalue weighted by Crippen LogP contribution is -2.21. The third kappa shape index (κ3) is 5.35. The number of carbonyl (C=O) groups is 2. The number of aromatic hydroxyl groups is 3. The molecule has 0 aliphatic rings. The van der Waals surface area contributed by atoms with Crippen LogP contribution in [0.4, 0.5) is 0 Å². The average molecular weight is 472 g/mol. The van der Waals surface area contributed by atoms with Gasteiger partial charge in [0.15, 0.2) is 28.6 Å². The molecule has 0 saturated heterocycles. The minimum absolute atomic E-state index is 0.0112. The van der Waals surface area contributed by atoms with Gasteiger partial charge in [0.1, 0.15) is 5.76 Å². The predicted octanol–water partition coefficient (Wildman–Crippen LogP) is 5.22. The fraction of sp³-hybridized carbons (Fsp3) is 0.143. The molecule has 3 aromatic carbocycles. The SMILES string of the molecule is COC(=O)[C@@H](CC(=O)/C=C/c1ccc(O)c2oc(-c3ccc(O)c(O)c3)cc12)Cc1ccccc1. The summed E-state index contributed by atoms with van der Waals surface area (Å²) in [7, 11) is 1.30. The van der Waals surface area contributed by atoms with Crippen molar-refractivity contribution in [3.63, 3.8) is 0 Å². The van der Waals surface area contributed by atoms with Gasteiger partial charge in [-0.15, -0.1) is 0 Å². The van der Waals surface area contributed by atoms with E-state index in [1.807, 2.05) is 30.3 Å². The molecule has 4 rings (SSSR count). The van der Waals surface area contributed by atoms with Crippen molar-refractivity contribution in [1.82, 2.24) is 0 Å². The summed E-state index contributed by atoms with van der Waals surface area (Å²) in [5.74, 6) is -1.57. The van der Waals surface area contributed by atoms with Crippen LogP contribution in [0.25, 0.3) is 28.4 Å². The predicted molar refractivity (Wildman–Crippen MR) is 131 cm³/mol. The van der Waals surface area contributed by atoms with Gasteiger partial charge in [0.2, 0.25) is 0 Å². The number of ketones is 1. The number of methoxy groups -OCH3 is 1. The van der Waals surface area contributed by atoms with E-state index >= 15 is 0 Å². The molecule has 3 N–H and O–H groups in total. The highest BCUT2D eigenvalue weighted by Gasteiger charge is 2.22. The largest absolute Gasteiger partial charge is 0.504 e. The summed E-state index contributed by atoms with van der Waals surface area (Å²) < 4.78 is 10.7. The van der Waals surface area contributed by atoms with Crippen LogP contribution in [0.2, 0.25) is 0 Å². The Labute approximate surface area is 201 Å². The Morgan fingerprint density at radius 2 is 1.69 bits per heavy atom. The number of hydrogen-bond donors (Lipinski definition) is 3. The third-order valence-corrected chi connectivity index (χ3v) is 5.71. The molecule has 35 heavy (non-hydrogen) atoms. The zero-order valence-corrected chi connectivity index (χ0v) is 19.0. The van der Waals surface area contributed by atoms with Gasteiger partial charge in [0.25, 0.3) is 0 Å². The molecular formula is C28H24O7. The Bertz CT molecular complexity index is 1400. The van der Waals surface area contributed by atoms with E-state index in [1.54, 1.807) is 24.3 Å². The van der Waals surface area contributed by atoms with Gasteiger partial charge in [-0.1, -0.05) is 42.5 Å². The smallest absolute Gasteiger partial charge is 0.309 e. The minimum Gasteiger partial charge on any atom is -0.504 e. The zero-order chi connectivity index (χ0) is 24.9. The van der Waals surface area contributed by atoms with E-state index in [0.29, 0.717) is 28.7 Å². The Balaban J connectivity index is 1.57. The first-order chi connectivity index (χ1) is 16.9. The van der Waals surface area contributed by atoms with Gasteiger partial charge in [0, 0.05) is 17.4 Å². The van der Waals surface area contributed by atoms with Crippen molar-refractivity contribution in [1.29, 1.82) is 0 Å². The lowest BCUT2D eigenvalue weighted by atomic mass is 9.94. The Kier molecular flexibility index (Phi) is 6.87. The van der Waals surface area contributed by atoms with E-state index in [2.05, 4.69) is 0 Å². The Hall–Kier alpha value is -4.52. The first-order valence-electron chi connectivity index (χ1n) is 11.0. The van der Waals surface area contributed by atoms with E-state index < -0.39 is 11.9 Å². The maximum atomic E-state index is 12.7. The second-order valence-electron chi connectivity index (χ2n) is 8.14. The number of rotatable bonds is 8. The molecule has 0 bridgehead atoms. The molecule has 4 aromatic rings. The van der Waals surface area contributed by atoms with Crippen molar-refractivity contribution >= 4 is 28.8 Å². The fourth-order valence-corrected chi connectivity index (χ4v) is 3.89. The van der Waals surface area contributed by atoms with Crippen LogP contribution < -0.4 is 0 Å². The molecule has 0 aliphatic heterocycles. The van der Waals surface area contributed by atoms with Crippen LogP contribution in [0.1, 0.15) is 17.5 Å². The lowest BCUT2D eigenvalue weighted by molar-refractivity contribution is -0.146. The van der Waals surface area contributed by atoms with Crippen molar-refractivity contribution in [2.75, 3.05) is 7.11 Å². The number of carbonyl (C=O) groups excluding carboxylic acids is 2. The third-order valence-electron chi connectivity index (χ3n) is 5.71. The van der Waals surface area contributed by atoms with E-state index in [0.717, 1.165) is 5.56 Å². The summed E-state index contributed by atoms with van der Waals surface area (Å²) >= 11 is 0. The molecule has 0 spiro atoms. The first-order valence-corrected chi connectivity index (χ1v) is 11.0. The van der Waals surface area contributed by atoms with Gasteiger partial charge < -0.3 is 24.5 Å². The first kappa shape index (κ1) is 23.6. The minimum atomic E-state index is -0.609. The summed E-state index contributed by atoms with van der Waals surface area (Å²) in [4.78, 5) is 25.0. The quantitative estimate of drug-likeness (QED) is 0.183. The monoisotopic (exact) mass is 472 g/mol. The van der Waals surface area contributed by atoms with Crippen LogP contribution in [0.3, 0.4) is 0 Å². The number of esters is 1. The number of phenolic OH excluding ortho intramolecular Hbond substituents is 3. The molecule has 0 unspecified atom stereocenters. The maximum Gasteiger partial charge on any atom is 0.309 e. The van der Waals surface area contributed by atoms with Crippen molar-refractivity contribution < 1.29 is 34.1 Å². The highest BCUT2D eigenvalue weighted by Crippen LogP contribution is 2.37.